The molecule has 1 aliphatic rings. The van der Waals surface area contributed by atoms with E-state index >= 15 is 0 Å². The SMILES string of the molecule is NCC1(Nc2ncc(Cl)cc2Br)CCCCC1. The largest absolute Gasteiger partial charge is 0.362 e. The molecule has 0 aliphatic heterocycles. The first-order chi connectivity index (χ1) is 8.15. The Morgan fingerprint density at radius 1 is 1.41 bits per heavy atom. The van der Waals surface area contributed by atoms with Crippen LogP contribution in [0.1, 0.15) is 32.1 Å². The van der Waals surface area contributed by atoms with E-state index < -0.39 is 0 Å². The summed E-state index contributed by atoms with van der Waals surface area (Å²) in [5.74, 6) is 0.835. The van der Waals surface area contributed by atoms with Gasteiger partial charge in [-0.3, -0.25) is 0 Å². The van der Waals surface area contributed by atoms with E-state index in [1.165, 1.54) is 19.3 Å². The van der Waals surface area contributed by atoms with Gasteiger partial charge in [0.15, 0.2) is 0 Å². The van der Waals surface area contributed by atoms with Crippen molar-refractivity contribution in [3.63, 3.8) is 0 Å². The maximum Gasteiger partial charge on any atom is 0.140 e. The van der Waals surface area contributed by atoms with E-state index in [1.54, 1.807) is 6.20 Å². The Morgan fingerprint density at radius 3 is 2.71 bits per heavy atom. The molecule has 0 radical (unpaired) electrons. The van der Waals surface area contributed by atoms with Crippen LogP contribution in [0.25, 0.3) is 0 Å². The van der Waals surface area contributed by atoms with Crippen molar-refractivity contribution in [3.8, 4) is 0 Å². The number of hydrogen-bond acceptors (Lipinski definition) is 3. The molecular weight excluding hydrogens is 302 g/mol. The van der Waals surface area contributed by atoms with E-state index in [-0.39, 0.29) is 5.54 Å². The number of hydrogen-bond donors (Lipinski definition) is 2. The normalized spacial score (nSPS) is 19.0. The van der Waals surface area contributed by atoms with E-state index in [9.17, 15) is 0 Å². The molecule has 3 nitrogen and oxygen atoms in total. The van der Waals surface area contributed by atoms with Crippen LogP contribution in [0, 0.1) is 0 Å². The van der Waals surface area contributed by atoms with Gasteiger partial charge in [0.25, 0.3) is 0 Å². The molecule has 94 valence electrons. The topological polar surface area (TPSA) is 50.9 Å². The number of nitrogens with one attached hydrogen (secondary N) is 1. The third-order valence-electron chi connectivity index (χ3n) is 3.39. The molecule has 1 heterocycles. The third-order valence-corrected chi connectivity index (χ3v) is 4.20. The van der Waals surface area contributed by atoms with Crippen molar-refractivity contribution in [2.24, 2.45) is 5.73 Å². The Bertz CT molecular complexity index is 391. The van der Waals surface area contributed by atoms with Crippen molar-refractivity contribution in [2.45, 2.75) is 37.6 Å². The van der Waals surface area contributed by atoms with Crippen LogP contribution in [0.2, 0.25) is 5.02 Å². The van der Waals surface area contributed by atoms with Gasteiger partial charge in [0, 0.05) is 12.7 Å². The summed E-state index contributed by atoms with van der Waals surface area (Å²) in [5.41, 5.74) is 5.94. The molecule has 0 bridgehead atoms. The molecule has 0 aromatic carbocycles. The van der Waals surface area contributed by atoms with Crippen LogP contribution in [0.15, 0.2) is 16.7 Å². The van der Waals surface area contributed by atoms with E-state index in [0.717, 1.165) is 23.1 Å². The molecule has 0 spiro atoms. The number of aromatic nitrogens is 1. The van der Waals surface area contributed by atoms with E-state index in [4.69, 9.17) is 17.3 Å². The summed E-state index contributed by atoms with van der Waals surface area (Å²) in [6.45, 7) is 0.643. The highest BCUT2D eigenvalue weighted by atomic mass is 79.9. The molecule has 0 amide bonds. The Kier molecular flexibility index (Phi) is 4.28. The first kappa shape index (κ1) is 13.1. The first-order valence-electron chi connectivity index (χ1n) is 5.94. The van der Waals surface area contributed by atoms with Gasteiger partial charge in [-0.15, -0.1) is 0 Å². The number of halogens is 2. The van der Waals surface area contributed by atoms with Gasteiger partial charge in [-0.2, -0.15) is 0 Å². The first-order valence-corrected chi connectivity index (χ1v) is 7.12. The van der Waals surface area contributed by atoms with Crippen molar-refractivity contribution in [1.29, 1.82) is 0 Å². The van der Waals surface area contributed by atoms with Gasteiger partial charge in [0.1, 0.15) is 5.82 Å². The summed E-state index contributed by atoms with van der Waals surface area (Å²) < 4.78 is 0.892. The number of nitrogens with two attached hydrogens (primary N) is 1. The van der Waals surface area contributed by atoms with Gasteiger partial charge in [0.2, 0.25) is 0 Å². The van der Waals surface area contributed by atoms with Crippen LogP contribution in [-0.2, 0) is 0 Å². The highest BCUT2D eigenvalue weighted by Gasteiger charge is 2.31. The number of nitrogens with zero attached hydrogens (tertiary/aromatic N) is 1. The van der Waals surface area contributed by atoms with Crippen molar-refractivity contribution >= 4 is 33.3 Å². The molecule has 1 aliphatic carbocycles. The van der Waals surface area contributed by atoms with Gasteiger partial charge in [-0.05, 0) is 34.8 Å². The maximum atomic E-state index is 5.93. The molecule has 0 saturated heterocycles. The molecular formula is C12H17BrClN3. The summed E-state index contributed by atoms with van der Waals surface area (Å²) in [4.78, 5) is 4.32. The molecule has 0 unspecified atom stereocenters. The highest BCUT2D eigenvalue weighted by molar-refractivity contribution is 9.10. The average molecular weight is 319 g/mol. The van der Waals surface area contributed by atoms with E-state index in [2.05, 4.69) is 26.2 Å². The Hall–Kier alpha value is -0.320. The molecule has 17 heavy (non-hydrogen) atoms. The molecule has 0 atom stereocenters. The molecule has 3 N–H and O–H groups in total. The van der Waals surface area contributed by atoms with Gasteiger partial charge in [0.05, 0.1) is 15.0 Å². The maximum absolute atomic E-state index is 5.93. The van der Waals surface area contributed by atoms with Crippen LogP contribution in [0.3, 0.4) is 0 Å². The predicted octanol–water partition coefficient (Wildman–Crippen LogP) is 3.57. The van der Waals surface area contributed by atoms with Gasteiger partial charge >= 0.3 is 0 Å². The second kappa shape index (κ2) is 5.55. The quantitative estimate of drug-likeness (QED) is 0.896. The lowest BCUT2D eigenvalue weighted by atomic mass is 9.81. The lowest BCUT2D eigenvalue weighted by Gasteiger charge is -2.37. The monoisotopic (exact) mass is 317 g/mol. The minimum Gasteiger partial charge on any atom is -0.362 e. The molecule has 1 aromatic rings. The van der Waals surface area contributed by atoms with Crippen molar-refractivity contribution in [3.05, 3.63) is 21.8 Å². The zero-order valence-corrected chi connectivity index (χ0v) is 12.0. The number of pyridine rings is 1. The zero-order valence-electron chi connectivity index (χ0n) is 9.68. The van der Waals surface area contributed by atoms with Crippen LogP contribution in [0.4, 0.5) is 5.82 Å². The van der Waals surface area contributed by atoms with Crippen molar-refractivity contribution in [2.75, 3.05) is 11.9 Å². The minimum atomic E-state index is 0.00159. The lowest BCUT2D eigenvalue weighted by molar-refractivity contribution is 0.330. The Balaban J connectivity index is 2.17. The fourth-order valence-electron chi connectivity index (χ4n) is 2.37. The van der Waals surface area contributed by atoms with E-state index in [0.29, 0.717) is 11.6 Å². The van der Waals surface area contributed by atoms with Gasteiger partial charge in [-0.1, -0.05) is 30.9 Å². The zero-order chi connectivity index (χ0) is 12.3. The van der Waals surface area contributed by atoms with E-state index in [1.807, 2.05) is 6.07 Å². The lowest BCUT2D eigenvalue weighted by Crippen LogP contribution is -2.47. The highest BCUT2D eigenvalue weighted by Crippen LogP contribution is 2.33. The van der Waals surface area contributed by atoms with Gasteiger partial charge in [-0.25, -0.2) is 4.98 Å². The van der Waals surface area contributed by atoms with Crippen LogP contribution in [0.5, 0.6) is 0 Å². The third kappa shape index (κ3) is 3.12. The number of anilines is 1. The second-order valence-electron chi connectivity index (χ2n) is 4.65. The fourth-order valence-corrected chi connectivity index (χ4v) is 3.10. The van der Waals surface area contributed by atoms with Crippen molar-refractivity contribution < 1.29 is 0 Å². The molecule has 5 heteroatoms. The molecule has 1 saturated carbocycles. The predicted molar refractivity (Wildman–Crippen MR) is 75.4 cm³/mol. The molecule has 1 aromatic heterocycles. The summed E-state index contributed by atoms with van der Waals surface area (Å²) >= 11 is 9.36. The molecule has 1 fully saturated rings. The van der Waals surface area contributed by atoms with Gasteiger partial charge < -0.3 is 11.1 Å². The Labute approximate surface area is 115 Å². The van der Waals surface area contributed by atoms with Crippen LogP contribution >= 0.6 is 27.5 Å². The number of rotatable bonds is 3. The summed E-state index contributed by atoms with van der Waals surface area (Å²) in [6.07, 6.45) is 7.64. The van der Waals surface area contributed by atoms with Crippen molar-refractivity contribution in [1.82, 2.24) is 4.98 Å². The smallest absolute Gasteiger partial charge is 0.140 e. The summed E-state index contributed by atoms with van der Waals surface area (Å²) in [7, 11) is 0. The standard InChI is InChI=1S/C12H17BrClN3/c13-10-6-9(14)7-16-11(10)17-12(8-15)4-2-1-3-5-12/h6-7H,1-5,8,15H2,(H,16,17). The summed E-state index contributed by atoms with van der Waals surface area (Å²) in [6, 6.07) is 1.85. The van der Waals surface area contributed by atoms with Crippen LogP contribution < -0.4 is 11.1 Å². The molecule has 2 rings (SSSR count). The second-order valence-corrected chi connectivity index (χ2v) is 5.94. The average Bonchev–Trinajstić information content (AvgIpc) is 2.34. The Morgan fingerprint density at radius 2 is 2.12 bits per heavy atom. The summed E-state index contributed by atoms with van der Waals surface area (Å²) in [5, 5.41) is 4.13. The fraction of sp³-hybridized carbons (Fsp3) is 0.583. The minimum absolute atomic E-state index is 0.00159. The van der Waals surface area contributed by atoms with Crippen LogP contribution in [-0.4, -0.2) is 17.1 Å².